The lowest BCUT2D eigenvalue weighted by atomic mass is 10.2. The summed E-state index contributed by atoms with van der Waals surface area (Å²) in [5.74, 6) is -1.56. The summed E-state index contributed by atoms with van der Waals surface area (Å²) in [5, 5.41) is 0. The van der Waals surface area contributed by atoms with Crippen LogP contribution in [0, 0.1) is 0 Å². The molecule has 5 nitrogen and oxygen atoms in total. The van der Waals surface area contributed by atoms with Crippen molar-refractivity contribution < 1.29 is 23.9 Å². The number of rotatable bonds is 6. The summed E-state index contributed by atoms with van der Waals surface area (Å²) in [7, 11) is 0. The minimum absolute atomic E-state index is 0.0188. The van der Waals surface area contributed by atoms with E-state index in [9.17, 15) is 14.4 Å². The Labute approximate surface area is 88.0 Å². The summed E-state index contributed by atoms with van der Waals surface area (Å²) in [6, 6.07) is 0. The molecule has 0 rings (SSSR count). The molecular weight excluding hydrogens is 200 g/mol. The van der Waals surface area contributed by atoms with Gasteiger partial charge in [-0.1, -0.05) is 6.58 Å². The molecule has 0 bridgehead atoms. The standard InChI is InChI=1S/C10H14O5/c1-4-14-9(12)5-7(2)10(13)15-6-8(3)11/h2,4-6H2,1,3H3. The van der Waals surface area contributed by atoms with Crippen LogP contribution in [-0.4, -0.2) is 30.9 Å². The highest BCUT2D eigenvalue weighted by Crippen LogP contribution is 2.02. The fraction of sp³-hybridized carbons (Fsp3) is 0.500. The fourth-order valence-electron chi connectivity index (χ4n) is 0.728. The van der Waals surface area contributed by atoms with E-state index in [1.807, 2.05) is 0 Å². The molecule has 0 atom stereocenters. The molecule has 0 aliphatic carbocycles. The Morgan fingerprint density at radius 1 is 1.20 bits per heavy atom. The van der Waals surface area contributed by atoms with Crippen LogP contribution >= 0.6 is 0 Å². The molecule has 0 radical (unpaired) electrons. The van der Waals surface area contributed by atoms with E-state index in [1.165, 1.54) is 6.92 Å². The fourth-order valence-corrected chi connectivity index (χ4v) is 0.728. The molecule has 15 heavy (non-hydrogen) atoms. The number of carbonyl (C=O) groups is 3. The van der Waals surface area contributed by atoms with E-state index < -0.39 is 11.9 Å². The molecule has 0 aliphatic heterocycles. The van der Waals surface area contributed by atoms with Crippen LogP contribution in [0.1, 0.15) is 20.3 Å². The van der Waals surface area contributed by atoms with Crippen LogP contribution < -0.4 is 0 Å². The van der Waals surface area contributed by atoms with Gasteiger partial charge in [0.15, 0.2) is 5.78 Å². The first kappa shape index (κ1) is 13.4. The molecule has 0 aromatic carbocycles. The summed E-state index contributed by atoms with van der Waals surface area (Å²) >= 11 is 0. The number of hydrogen-bond donors (Lipinski definition) is 0. The third-order valence-electron chi connectivity index (χ3n) is 1.36. The van der Waals surface area contributed by atoms with E-state index in [1.54, 1.807) is 6.92 Å². The van der Waals surface area contributed by atoms with Gasteiger partial charge in [0.2, 0.25) is 0 Å². The topological polar surface area (TPSA) is 69.7 Å². The van der Waals surface area contributed by atoms with Gasteiger partial charge in [0.25, 0.3) is 0 Å². The van der Waals surface area contributed by atoms with Gasteiger partial charge in [-0.25, -0.2) is 4.79 Å². The number of hydrogen-bond acceptors (Lipinski definition) is 5. The Hall–Kier alpha value is -1.65. The minimum atomic E-state index is -0.752. The van der Waals surface area contributed by atoms with Crippen molar-refractivity contribution >= 4 is 17.7 Å². The van der Waals surface area contributed by atoms with Crippen LogP contribution in [0.3, 0.4) is 0 Å². The van der Waals surface area contributed by atoms with Gasteiger partial charge in [-0.15, -0.1) is 0 Å². The smallest absolute Gasteiger partial charge is 0.334 e. The third-order valence-corrected chi connectivity index (χ3v) is 1.36. The highest BCUT2D eigenvalue weighted by atomic mass is 16.5. The Bertz CT molecular complexity index is 280. The van der Waals surface area contributed by atoms with E-state index in [-0.39, 0.29) is 31.0 Å². The molecule has 0 spiro atoms. The van der Waals surface area contributed by atoms with E-state index in [2.05, 4.69) is 16.1 Å². The number of ketones is 1. The van der Waals surface area contributed by atoms with Gasteiger partial charge in [0.05, 0.1) is 13.0 Å². The van der Waals surface area contributed by atoms with Gasteiger partial charge in [-0.05, 0) is 13.8 Å². The predicted molar refractivity (Wildman–Crippen MR) is 52.0 cm³/mol. The molecule has 0 saturated heterocycles. The molecule has 0 N–H and O–H groups in total. The zero-order chi connectivity index (χ0) is 11.8. The average molecular weight is 214 g/mol. The molecule has 0 aromatic heterocycles. The summed E-state index contributed by atoms with van der Waals surface area (Å²) in [5.41, 5.74) is -0.0188. The maximum Gasteiger partial charge on any atom is 0.334 e. The number of ether oxygens (including phenoxy) is 2. The normalized spacial score (nSPS) is 9.20. The highest BCUT2D eigenvalue weighted by Gasteiger charge is 2.14. The van der Waals surface area contributed by atoms with Crippen molar-refractivity contribution in [2.75, 3.05) is 13.2 Å². The Morgan fingerprint density at radius 2 is 1.80 bits per heavy atom. The molecule has 0 unspecified atom stereocenters. The highest BCUT2D eigenvalue weighted by molar-refractivity contribution is 5.94. The van der Waals surface area contributed by atoms with Gasteiger partial charge in [0.1, 0.15) is 6.61 Å². The van der Waals surface area contributed by atoms with Crippen LogP contribution in [0.4, 0.5) is 0 Å². The number of Topliss-reactive ketones (excluding diaryl/α,β-unsaturated/α-hetero) is 1. The van der Waals surface area contributed by atoms with Gasteiger partial charge < -0.3 is 9.47 Å². The van der Waals surface area contributed by atoms with E-state index in [4.69, 9.17) is 0 Å². The van der Waals surface area contributed by atoms with Crippen LogP contribution in [-0.2, 0) is 23.9 Å². The van der Waals surface area contributed by atoms with Crippen molar-refractivity contribution in [3.05, 3.63) is 12.2 Å². The zero-order valence-electron chi connectivity index (χ0n) is 8.87. The lowest BCUT2D eigenvalue weighted by Crippen LogP contribution is -2.15. The molecule has 0 amide bonds. The van der Waals surface area contributed by atoms with Crippen molar-refractivity contribution in [3.63, 3.8) is 0 Å². The van der Waals surface area contributed by atoms with Crippen molar-refractivity contribution in [1.82, 2.24) is 0 Å². The summed E-state index contributed by atoms with van der Waals surface area (Å²) in [4.78, 5) is 32.5. The van der Waals surface area contributed by atoms with Gasteiger partial charge in [0, 0.05) is 5.57 Å². The first-order chi connectivity index (χ1) is 6.97. The quantitative estimate of drug-likeness (QED) is 0.479. The molecule has 0 aliphatic rings. The molecular formula is C10H14O5. The number of carbonyl (C=O) groups excluding carboxylic acids is 3. The first-order valence-corrected chi connectivity index (χ1v) is 4.47. The second-order valence-electron chi connectivity index (χ2n) is 2.86. The van der Waals surface area contributed by atoms with Crippen LogP contribution in [0.5, 0.6) is 0 Å². The van der Waals surface area contributed by atoms with Gasteiger partial charge in [-0.3, -0.25) is 9.59 Å². The Morgan fingerprint density at radius 3 is 2.27 bits per heavy atom. The third kappa shape index (κ3) is 6.42. The lowest BCUT2D eigenvalue weighted by molar-refractivity contribution is -0.147. The molecule has 0 saturated carbocycles. The van der Waals surface area contributed by atoms with Crippen LogP contribution in [0.15, 0.2) is 12.2 Å². The van der Waals surface area contributed by atoms with Gasteiger partial charge >= 0.3 is 11.9 Å². The monoisotopic (exact) mass is 214 g/mol. The van der Waals surface area contributed by atoms with Crippen molar-refractivity contribution in [2.45, 2.75) is 20.3 Å². The lowest BCUT2D eigenvalue weighted by Gasteiger charge is -2.05. The summed E-state index contributed by atoms with van der Waals surface area (Å²) < 4.78 is 9.16. The SMILES string of the molecule is C=C(CC(=O)OCC)C(=O)OCC(C)=O. The van der Waals surface area contributed by atoms with E-state index >= 15 is 0 Å². The van der Waals surface area contributed by atoms with Crippen LogP contribution in [0.2, 0.25) is 0 Å². The largest absolute Gasteiger partial charge is 0.466 e. The van der Waals surface area contributed by atoms with E-state index in [0.717, 1.165) is 0 Å². The number of esters is 2. The molecule has 0 heterocycles. The minimum Gasteiger partial charge on any atom is -0.466 e. The van der Waals surface area contributed by atoms with Crippen molar-refractivity contribution in [1.29, 1.82) is 0 Å². The predicted octanol–water partition coefficient (Wildman–Crippen LogP) is 0.628. The zero-order valence-corrected chi connectivity index (χ0v) is 8.87. The molecule has 84 valence electrons. The van der Waals surface area contributed by atoms with Gasteiger partial charge in [-0.2, -0.15) is 0 Å². The summed E-state index contributed by atoms with van der Waals surface area (Å²) in [6.07, 6.45) is -0.218. The average Bonchev–Trinajstić information content (AvgIpc) is 2.14. The molecule has 5 heteroatoms. The maximum absolute atomic E-state index is 11.1. The summed E-state index contributed by atoms with van der Waals surface area (Å²) in [6.45, 7) is 6.26. The molecule has 0 fully saturated rings. The van der Waals surface area contributed by atoms with Crippen LogP contribution in [0.25, 0.3) is 0 Å². The Balaban J connectivity index is 3.94. The first-order valence-electron chi connectivity index (χ1n) is 4.47. The maximum atomic E-state index is 11.1. The van der Waals surface area contributed by atoms with E-state index in [0.29, 0.717) is 0 Å². The molecule has 0 aromatic rings. The second-order valence-corrected chi connectivity index (χ2v) is 2.86. The van der Waals surface area contributed by atoms with Crippen molar-refractivity contribution in [2.24, 2.45) is 0 Å². The Kier molecular flexibility index (Phi) is 6.01. The second kappa shape index (κ2) is 6.75. The van der Waals surface area contributed by atoms with Crippen molar-refractivity contribution in [3.8, 4) is 0 Å².